The zero-order valence-corrected chi connectivity index (χ0v) is 13.2. The SMILES string of the molecule is Cn1cc(C(N)=O)c(=O)c2cc(F)c(Cc3cccc(N)n3)c(F)c21. The summed E-state index contributed by atoms with van der Waals surface area (Å²) in [7, 11) is 1.44. The highest BCUT2D eigenvalue weighted by Crippen LogP contribution is 2.24. The minimum Gasteiger partial charge on any atom is -0.384 e. The van der Waals surface area contributed by atoms with Crippen LogP contribution in [0.15, 0.2) is 35.3 Å². The number of nitrogen functional groups attached to an aromatic ring is 1. The number of fused-ring (bicyclic) bond motifs is 1. The fraction of sp³-hybridized carbons (Fsp3) is 0.118. The smallest absolute Gasteiger partial charge is 0.254 e. The molecule has 1 aromatic carbocycles. The van der Waals surface area contributed by atoms with Crippen LogP contribution in [0.3, 0.4) is 0 Å². The van der Waals surface area contributed by atoms with E-state index in [2.05, 4.69) is 4.98 Å². The average molecular weight is 344 g/mol. The first-order valence-electron chi connectivity index (χ1n) is 7.31. The number of carbonyl (C=O) groups excluding carboxylic acids is 1. The molecule has 25 heavy (non-hydrogen) atoms. The molecular formula is C17H14F2N4O2. The quantitative estimate of drug-likeness (QED) is 0.751. The normalized spacial score (nSPS) is 11.0. The molecule has 0 saturated heterocycles. The second kappa shape index (κ2) is 5.97. The lowest BCUT2D eigenvalue weighted by Gasteiger charge is -2.12. The number of carbonyl (C=O) groups is 1. The van der Waals surface area contributed by atoms with Gasteiger partial charge in [-0.1, -0.05) is 6.07 Å². The van der Waals surface area contributed by atoms with Gasteiger partial charge in [-0.2, -0.15) is 0 Å². The standard InChI is InChI=1S/C17H14F2N4O2/c1-23-7-11(17(21)25)16(24)10-6-12(18)9(14(19)15(10)23)5-8-3-2-4-13(20)22-8/h2-4,6-7H,5H2,1H3,(H2,20,22)(H2,21,25). The predicted octanol–water partition coefficient (Wildman–Crippen LogP) is 1.48. The van der Waals surface area contributed by atoms with Crippen LogP contribution in [0.1, 0.15) is 21.6 Å². The Hall–Kier alpha value is -3.29. The van der Waals surface area contributed by atoms with Crippen molar-refractivity contribution in [1.29, 1.82) is 0 Å². The molecule has 1 amide bonds. The number of aromatic nitrogens is 2. The Kier molecular flexibility index (Phi) is 3.96. The van der Waals surface area contributed by atoms with E-state index in [0.717, 1.165) is 12.3 Å². The monoisotopic (exact) mass is 344 g/mol. The Bertz CT molecular complexity index is 1080. The molecule has 0 radical (unpaired) electrons. The molecule has 0 bridgehead atoms. The maximum atomic E-state index is 14.9. The van der Waals surface area contributed by atoms with Gasteiger partial charge in [0.05, 0.1) is 10.9 Å². The zero-order valence-electron chi connectivity index (χ0n) is 13.2. The Morgan fingerprint density at radius 1 is 1.32 bits per heavy atom. The van der Waals surface area contributed by atoms with E-state index in [4.69, 9.17) is 11.5 Å². The van der Waals surface area contributed by atoms with E-state index in [0.29, 0.717) is 5.69 Å². The van der Waals surface area contributed by atoms with Crippen molar-refractivity contribution < 1.29 is 13.6 Å². The summed E-state index contributed by atoms with van der Waals surface area (Å²) < 4.78 is 30.6. The summed E-state index contributed by atoms with van der Waals surface area (Å²) in [5.74, 6) is -2.53. The molecule has 8 heteroatoms. The fourth-order valence-electron chi connectivity index (χ4n) is 2.74. The molecule has 0 aliphatic heterocycles. The summed E-state index contributed by atoms with van der Waals surface area (Å²) in [6, 6.07) is 5.69. The molecule has 6 nitrogen and oxygen atoms in total. The number of nitrogens with two attached hydrogens (primary N) is 2. The van der Waals surface area contributed by atoms with Crippen LogP contribution < -0.4 is 16.9 Å². The second-order valence-electron chi connectivity index (χ2n) is 5.62. The molecule has 0 atom stereocenters. The lowest BCUT2D eigenvalue weighted by Crippen LogP contribution is -2.24. The number of hydrogen-bond acceptors (Lipinski definition) is 4. The molecule has 0 unspecified atom stereocenters. The minimum atomic E-state index is -0.962. The van der Waals surface area contributed by atoms with E-state index in [-0.39, 0.29) is 34.3 Å². The predicted molar refractivity (Wildman–Crippen MR) is 89.1 cm³/mol. The molecule has 2 heterocycles. The van der Waals surface area contributed by atoms with E-state index in [1.807, 2.05) is 0 Å². The third-order valence-electron chi connectivity index (χ3n) is 3.90. The first-order valence-corrected chi connectivity index (χ1v) is 7.31. The molecule has 3 aromatic rings. The van der Waals surface area contributed by atoms with Gasteiger partial charge in [0.15, 0.2) is 5.82 Å². The number of nitrogens with zero attached hydrogens (tertiary/aromatic N) is 2. The first-order chi connectivity index (χ1) is 11.8. The van der Waals surface area contributed by atoms with Crippen molar-refractivity contribution in [1.82, 2.24) is 9.55 Å². The number of primary amides is 1. The van der Waals surface area contributed by atoms with Gasteiger partial charge in [0, 0.05) is 30.9 Å². The van der Waals surface area contributed by atoms with Crippen LogP contribution >= 0.6 is 0 Å². The molecule has 0 saturated carbocycles. The molecule has 4 N–H and O–H groups in total. The number of anilines is 1. The number of halogens is 2. The maximum Gasteiger partial charge on any atom is 0.254 e. The van der Waals surface area contributed by atoms with Gasteiger partial charge < -0.3 is 16.0 Å². The van der Waals surface area contributed by atoms with Gasteiger partial charge in [0.25, 0.3) is 5.91 Å². The van der Waals surface area contributed by atoms with Crippen LogP contribution in [-0.4, -0.2) is 15.5 Å². The number of amides is 1. The number of aryl methyl sites for hydroxylation is 1. The maximum absolute atomic E-state index is 14.9. The van der Waals surface area contributed by atoms with Gasteiger partial charge in [0.1, 0.15) is 17.2 Å². The number of hydrogen-bond donors (Lipinski definition) is 2. The van der Waals surface area contributed by atoms with Gasteiger partial charge >= 0.3 is 0 Å². The van der Waals surface area contributed by atoms with Crippen molar-refractivity contribution in [3.05, 3.63) is 69.1 Å². The van der Waals surface area contributed by atoms with Crippen molar-refractivity contribution >= 4 is 22.6 Å². The zero-order chi connectivity index (χ0) is 18.3. The average Bonchev–Trinajstić information content (AvgIpc) is 2.54. The summed E-state index contributed by atoms with van der Waals surface area (Å²) in [5, 5.41) is -0.252. The Morgan fingerprint density at radius 2 is 2.04 bits per heavy atom. The number of pyridine rings is 2. The third kappa shape index (κ3) is 2.82. The van der Waals surface area contributed by atoms with Gasteiger partial charge in [-0.15, -0.1) is 0 Å². The Balaban J connectivity index is 2.26. The molecule has 3 rings (SSSR count). The van der Waals surface area contributed by atoms with Crippen LogP contribution in [0, 0.1) is 11.6 Å². The lowest BCUT2D eigenvalue weighted by molar-refractivity contribution is 0.0999. The van der Waals surface area contributed by atoms with Crippen LogP contribution in [0.5, 0.6) is 0 Å². The molecule has 0 spiro atoms. The van der Waals surface area contributed by atoms with Gasteiger partial charge in [0.2, 0.25) is 5.43 Å². The van der Waals surface area contributed by atoms with Crippen LogP contribution in [-0.2, 0) is 13.5 Å². The van der Waals surface area contributed by atoms with E-state index in [1.54, 1.807) is 18.2 Å². The summed E-state index contributed by atoms with van der Waals surface area (Å²) in [5.41, 5.74) is 9.60. The summed E-state index contributed by atoms with van der Waals surface area (Å²) >= 11 is 0. The van der Waals surface area contributed by atoms with Gasteiger partial charge in [-0.25, -0.2) is 13.8 Å². The molecule has 2 aromatic heterocycles. The first kappa shape index (κ1) is 16.6. The second-order valence-corrected chi connectivity index (χ2v) is 5.62. The van der Waals surface area contributed by atoms with Crippen LogP contribution in [0.2, 0.25) is 0 Å². The summed E-state index contributed by atoms with van der Waals surface area (Å²) in [6.07, 6.45) is 1.00. The van der Waals surface area contributed by atoms with E-state index in [1.165, 1.54) is 11.6 Å². The van der Waals surface area contributed by atoms with Crippen LogP contribution in [0.4, 0.5) is 14.6 Å². The highest BCUT2D eigenvalue weighted by atomic mass is 19.1. The fourth-order valence-corrected chi connectivity index (χ4v) is 2.74. The van der Waals surface area contributed by atoms with Gasteiger partial charge in [-0.05, 0) is 18.2 Å². The Labute approximate surface area is 140 Å². The van der Waals surface area contributed by atoms with Crippen molar-refractivity contribution in [2.24, 2.45) is 12.8 Å². The van der Waals surface area contributed by atoms with Crippen molar-refractivity contribution in [3.63, 3.8) is 0 Å². The lowest BCUT2D eigenvalue weighted by atomic mass is 10.0. The molecule has 0 aliphatic rings. The highest BCUT2D eigenvalue weighted by molar-refractivity contribution is 5.96. The third-order valence-corrected chi connectivity index (χ3v) is 3.90. The Morgan fingerprint density at radius 3 is 2.68 bits per heavy atom. The highest BCUT2D eigenvalue weighted by Gasteiger charge is 2.20. The van der Waals surface area contributed by atoms with E-state index < -0.39 is 23.0 Å². The van der Waals surface area contributed by atoms with Crippen molar-refractivity contribution in [2.75, 3.05) is 5.73 Å². The largest absolute Gasteiger partial charge is 0.384 e. The minimum absolute atomic E-state index is 0.115. The molecule has 128 valence electrons. The molecule has 0 fully saturated rings. The van der Waals surface area contributed by atoms with Crippen LogP contribution in [0.25, 0.3) is 10.9 Å². The van der Waals surface area contributed by atoms with E-state index in [9.17, 15) is 18.4 Å². The molecular weight excluding hydrogens is 330 g/mol. The summed E-state index contributed by atoms with van der Waals surface area (Å²) in [6.45, 7) is 0. The van der Waals surface area contributed by atoms with Crippen molar-refractivity contribution in [2.45, 2.75) is 6.42 Å². The summed E-state index contributed by atoms with van der Waals surface area (Å²) in [4.78, 5) is 27.6. The van der Waals surface area contributed by atoms with Gasteiger partial charge in [-0.3, -0.25) is 9.59 Å². The van der Waals surface area contributed by atoms with E-state index >= 15 is 0 Å². The number of benzene rings is 1. The number of rotatable bonds is 3. The topological polar surface area (TPSA) is 104 Å². The van der Waals surface area contributed by atoms with Crippen molar-refractivity contribution in [3.8, 4) is 0 Å². The molecule has 0 aliphatic carbocycles.